The average Bonchev–Trinajstić information content (AvgIpc) is 2.81. The molecule has 1 heterocycles. The first-order valence-corrected chi connectivity index (χ1v) is 7.46. The van der Waals surface area contributed by atoms with Gasteiger partial charge >= 0.3 is 5.97 Å². The second-order valence-corrected chi connectivity index (χ2v) is 5.91. The molecule has 0 bridgehead atoms. The number of aromatic hydroxyl groups is 1. The predicted octanol–water partition coefficient (Wildman–Crippen LogP) is 1.11. The minimum absolute atomic E-state index is 0.00216. The highest BCUT2D eigenvalue weighted by Gasteiger charge is 2.32. The van der Waals surface area contributed by atoms with Crippen LogP contribution in [0.5, 0.6) is 11.5 Å². The normalized spacial score (nSPS) is 19.3. The van der Waals surface area contributed by atoms with E-state index >= 15 is 0 Å². The van der Waals surface area contributed by atoms with E-state index in [0.717, 1.165) is 17.3 Å². The minimum atomic E-state index is -1.05. The monoisotopic (exact) mass is 337 g/mol. The summed E-state index contributed by atoms with van der Waals surface area (Å²) in [5, 5.41) is 28.3. The fraction of sp³-hybridized carbons (Fsp3) is 0.286. The molecule has 0 aliphatic carbocycles. The average molecular weight is 337 g/mol. The first-order chi connectivity index (χ1) is 10.9. The lowest BCUT2D eigenvalue weighted by atomic mass is 10.1. The van der Waals surface area contributed by atoms with Crippen LogP contribution in [0.4, 0.5) is 0 Å². The number of rotatable bonds is 5. The van der Waals surface area contributed by atoms with Gasteiger partial charge in [0.25, 0.3) is 0 Å². The Morgan fingerprint density at radius 3 is 2.87 bits per heavy atom. The lowest BCUT2D eigenvalue weighted by Crippen LogP contribution is -2.26. The topological polar surface area (TPSA) is 121 Å². The number of carbonyl (C=O) groups excluding carboxylic acids is 1. The maximum Gasteiger partial charge on any atom is 0.305 e. The SMILES string of the molecule is COc1cc(C)c(C=NN=C2NC(=O)C(CC(=O)O)S2)c(O)c1. The second-order valence-electron chi connectivity index (χ2n) is 4.72. The summed E-state index contributed by atoms with van der Waals surface area (Å²) < 4.78 is 5.04. The molecule has 0 radical (unpaired) electrons. The Labute approximate surface area is 136 Å². The molecule has 0 saturated carbocycles. The van der Waals surface area contributed by atoms with Gasteiger partial charge in [-0.15, -0.1) is 5.10 Å². The highest BCUT2D eigenvalue weighted by molar-refractivity contribution is 8.15. The standard InChI is InChI=1S/C14H15N3O5S/c1-7-3-8(22-2)4-10(18)9(7)6-15-17-14-16-13(21)11(23-14)5-12(19)20/h3-4,6,11,18H,5H2,1-2H3,(H,19,20)(H,16,17,21). The van der Waals surface area contributed by atoms with Gasteiger partial charge in [0.15, 0.2) is 5.17 Å². The van der Waals surface area contributed by atoms with E-state index in [-0.39, 0.29) is 17.3 Å². The van der Waals surface area contributed by atoms with Gasteiger partial charge in [0, 0.05) is 11.6 Å². The van der Waals surface area contributed by atoms with E-state index in [1.54, 1.807) is 13.0 Å². The number of methoxy groups -OCH3 is 1. The Hall–Kier alpha value is -2.55. The Balaban J connectivity index is 2.10. The number of amides is 1. The fourth-order valence-corrected chi connectivity index (χ4v) is 2.83. The molecule has 1 aliphatic heterocycles. The lowest BCUT2D eigenvalue weighted by molar-refractivity contribution is -0.138. The zero-order chi connectivity index (χ0) is 17.0. The molecule has 122 valence electrons. The third-order valence-electron chi connectivity index (χ3n) is 3.05. The highest BCUT2D eigenvalue weighted by atomic mass is 32.2. The van der Waals surface area contributed by atoms with Crippen LogP contribution in [0.2, 0.25) is 0 Å². The van der Waals surface area contributed by atoms with Crippen LogP contribution in [0.25, 0.3) is 0 Å². The number of carboxylic acids is 1. The molecule has 1 unspecified atom stereocenters. The van der Waals surface area contributed by atoms with Crippen molar-refractivity contribution < 1.29 is 24.5 Å². The van der Waals surface area contributed by atoms with E-state index in [4.69, 9.17) is 9.84 Å². The summed E-state index contributed by atoms with van der Waals surface area (Å²) in [5.74, 6) is -0.938. The lowest BCUT2D eigenvalue weighted by Gasteiger charge is -2.06. The van der Waals surface area contributed by atoms with E-state index < -0.39 is 17.1 Å². The number of thioether (sulfide) groups is 1. The van der Waals surface area contributed by atoms with Crippen molar-refractivity contribution >= 4 is 35.0 Å². The molecule has 1 aromatic rings. The summed E-state index contributed by atoms with van der Waals surface area (Å²) >= 11 is 1.01. The number of aliphatic carboxylic acids is 1. The smallest absolute Gasteiger partial charge is 0.305 e. The molecule has 1 atom stereocenters. The van der Waals surface area contributed by atoms with Gasteiger partial charge in [-0.1, -0.05) is 11.8 Å². The third-order valence-corrected chi connectivity index (χ3v) is 4.12. The highest BCUT2D eigenvalue weighted by Crippen LogP contribution is 2.26. The number of amidine groups is 1. The van der Waals surface area contributed by atoms with Crippen molar-refractivity contribution in [2.75, 3.05) is 7.11 Å². The summed E-state index contributed by atoms with van der Waals surface area (Å²) in [6.45, 7) is 1.78. The number of carbonyl (C=O) groups is 2. The number of hydrogen-bond donors (Lipinski definition) is 3. The molecule has 9 heteroatoms. The molecule has 1 amide bonds. The van der Waals surface area contributed by atoms with Crippen LogP contribution in [-0.4, -0.2) is 45.8 Å². The first kappa shape index (κ1) is 16.8. The number of aryl methyl sites for hydroxylation is 1. The van der Waals surface area contributed by atoms with E-state index in [0.29, 0.717) is 11.3 Å². The molecule has 1 aliphatic rings. The molecule has 1 fully saturated rings. The first-order valence-electron chi connectivity index (χ1n) is 6.58. The number of nitrogens with one attached hydrogen (secondary N) is 1. The van der Waals surface area contributed by atoms with Crippen molar-refractivity contribution in [3.8, 4) is 11.5 Å². The molecule has 8 nitrogen and oxygen atoms in total. The molecule has 2 rings (SSSR count). The van der Waals surface area contributed by atoms with Gasteiger partial charge in [-0.2, -0.15) is 5.10 Å². The van der Waals surface area contributed by atoms with Crippen molar-refractivity contribution in [3.63, 3.8) is 0 Å². The summed E-state index contributed by atoms with van der Waals surface area (Å²) in [6.07, 6.45) is 1.08. The molecule has 1 saturated heterocycles. The Kier molecular flexibility index (Phi) is 5.22. The summed E-state index contributed by atoms with van der Waals surface area (Å²) in [6, 6.07) is 3.19. The maximum atomic E-state index is 11.6. The molecule has 0 spiro atoms. The predicted molar refractivity (Wildman–Crippen MR) is 86.2 cm³/mol. The van der Waals surface area contributed by atoms with Crippen molar-refractivity contribution in [1.29, 1.82) is 0 Å². The molecule has 1 aromatic carbocycles. The van der Waals surface area contributed by atoms with Gasteiger partial charge < -0.3 is 20.3 Å². The zero-order valence-electron chi connectivity index (χ0n) is 12.4. The summed E-state index contributed by atoms with van der Waals surface area (Å²) in [5.41, 5.74) is 1.23. The van der Waals surface area contributed by atoms with E-state index in [9.17, 15) is 14.7 Å². The van der Waals surface area contributed by atoms with E-state index in [1.165, 1.54) is 19.4 Å². The van der Waals surface area contributed by atoms with Crippen molar-refractivity contribution in [2.24, 2.45) is 10.2 Å². The molecule has 3 N–H and O–H groups in total. The van der Waals surface area contributed by atoms with Gasteiger partial charge in [0.1, 0.15) is 16.7 Å². The maximum absolute atomic E-state index is 11.6. The number of hydrogen-bond acceptors (Lipinski definition) is 7. The van der Waals surface area contributed by atoms with Crippen LogP contribution in [0.15, 0.2) is 22.3 Å². The Morgan fingerprint density at radius 2 is 2.26 bits per heavy atom. The largest absolute Gasteiger partial charge is 0.507 e. The molecular weight excluding hydrogens is 322 g/mol. The third kappa shape index (κ3) is 4.22. The van der Waals surface area contributed by atoms with Gasteiger partial charge in [0.2, 0.25) is 5.91 Å². The quantitative estimate of drug-likeness (QED) is 0.547. The van der Waals surface area contributed by atoms with Crippen molar-refractivity contribution in [1.82, 2.24) is 5.32 Å². The molecule has 0 aromatic heterocycles. The van der Waals surface area contributed by atoms with Gasteiger partial charge in [0.05, 0.1) is 19.7 Å². The number of benzene rings is 1. The number of phenols is 1. The Bertz CT molecular complexity index is 679. The van der Waals surface area contributed by atoms with Crippen LogP contribution in [0, 0.1) is 6.92 Å². The number of carboxylic acid groups (broad SMARTS) is 1. The van der Waals surface area contributed by atoms with Crippen LogP contribution < -0.4 is 10.1 Å². The van der Waals surface area contributed by atoms with Gasteiger partial charge in [-0.25, -0.2) is 0 Å². The summed E-state index contributed by atoms with van der Waals surface area (Å²) in [4.78, 5) is 22.2. The zero-order valence-corrected chi connectivity index (χ0v) is 13.3. The van der Waals surface area contributed by atoms with Crippen LogP contribution in [0.3, 0.4) is 0 Å². The number of nitrogens with zero attached hydrogens (tertiary/aromatic N) is 2. The van der Waals surface area contributed by atoms with Crippen molar-refractivity contribution in [2.45, 2.75) is 18.6 Å². The minimum Gasteiger partial charge on any atom is -0.507 e. The van der Waals surface area contributed by atoms with Crippen LogP contribution in [-0.2, 0) is 9.59 Å². The molecular formula is C14H15N3O5S. The van der Waals surface area contributed by atoms with Crippen LogP contribution in [0.1, 0.15) is 17.5 Å². The Morgan fingerprint density at radius 1 is 1.52 bits per heavy atom. The fourth-order valence-electron chi connectivity index (χ4n) is 1.92. The number of ether oxygens (including phenoxy) is 1. The number of phenolic OH excluding ortho intramolecular Hbond substituents is 1. The van der Waals surface area contributed by atoms with Crippen molar-refractivity contribution in [3.05, 3.63) is 23.3 Å². The van der Waals surface area contributed by atoms with E-state index in [2.05, 4.69) is 15.5 Å². The molecule has 23 heavy (non-hydrogen) atoms. The van der Waals surface area contributed by atoms with Crippen LogP contribution >= 0.6 is 11.8 Å². The summed E-state index contributed by atoms with van der Waals surface area (Å²) in [7, 11) is 1.50. The van der Waals surface area contributed by atoms with Gasteiger partial charge in [-0.3, -0.25) is 9.59 Å². The second kappa shape index (κ2) is 7.14. The van der Waals surface area contributed by atoms with Gasteiger partial charge in [-0.05, 0) is 18.6 Å². The van der Waals surface area contributed by atoms with E-state index in [1.807, 2.05) is 0 Å².